The van der Waals surface area contributed by atoms with Gasteiger partial charge in [-0.05, 0) is 25.7 Å². The maximum atomic E-state index is 11.8. The van der Waals surface area contributed by atoms with Crippen LogP contribution in [0, 0.1) is 0 Å². The molecule has 2 amide bonds. The second-order valence-electron chi connectivity index (χ2n) is 5.46. The molecule has 2 unspecified atom stereocenters. The van der Waals surface area contributed by atoms with Crippen molar-refractivity contribution < 1.29 is 19.2 Å². The van der Waals surface area contributed by atoms with Gasteiger partial charge in [0, 0.05) is 25.7 Å². The SMILES string of the molecule is O=C1CCC(C(=O)CCCCC(=O)C2CCC(=O)N2)N1. The van der Waals surface area contributed by atoms with Gasteiger partial charge in [-0.2, -0.15) is 0 Å². The van der Waals surface area contributed by atoms with Crippen molar-refractivity contribution in [2.75, 3.05) is 0 Å². The quantitative estimate of drug-likeness (QED) is 0.653. The molecule has 0 radical (unpaired) electrons. The van der Waals surface area contributed by atoms with Crippen LogP contribution in [-0.2, 0) is 19.2 Å². The van der Waals surface area contributed by atoms with E-state index in [0.717, 1.165) is 0 Å². The first-order valence-electron chi connectivity index (χ1n) is 7.20. The van der Waals surface area contributed by atoms with Crippen LogP contribution in [0.2, 0.25) is 0 Å². The van der Waals surface area contributed by atoms with Crippen molar-refractivity contribution in [1.82, 2.24) is 10.6 Å². The minimum atomic E-state index is -0.327. The molecular weight excluding hydrogens is 260 g/mol. The molecule has 20 heavy (non-hydrogen) atoms. The number of nitrogens with one attached hydrogen (secondary N) is 2. The smallest absolute Gasteiger partial charge is 0.220 e. The van der Waals surface area contributed by atoms with Crippen LogP contribution < -0.4 is 10.6 Å². The Kier molecular flexibility index (Phi) is 4.87. The van der Waals surface area contributed by atoms with Gasteiger partial charge in [0.05, 0.1) is 12.1 Å². The highest BCUT2D eigenvalue weighted by atomic mass is 16.2. The molecule has 2 heterocycles. The fourth-order valence-electron chi connectivity index (χ4n) is 2.66. The lowest BCUT2D eigenvalue weighted by Crippen LogP contribution is -2.33. The van der Waals surface area contributed by atoms with Gasteiger partial charge < -0.3 is 10.6 Å². The Morgan fingerprint density at radius 1 is 0.850 bits per heavy atom. The van der Waals surface area contributed by atoms with E-state index in [4.69, 9.17) is 0 Å². The predicted octanol–water partition coefficient (Wildman–Crippen LogP) is 0.242. The maximum Gasteiger partial charge on any atom is 0.220 e. The Morgan fingerprint density at radius 3 is 1.55 bits per heavy atom. The summed E-state index contributed by atoms with van der Waals surface area (Å²) in [7, 11) is 0. The minimum absolute atomic E-state index is 0.0532. The van der Waals surface area contributed by atoms with Crippen LogP contribution in [0.5, 0.6) is 0 Å². The van der Waals surface area contributed by atoms with Gasteiger partial charge >= 0.3 is 0 Å². The van der Waals surface area contributed by atoms with Crippen molar-refractivity contribution >= 4 is 23.4 Å². The van der Waals surface area contributed by atoms with Gasteiger partial charge in [-0.1, -0.05) is 0 Å². The van der Waals surface area contributed by atoms with E-state index in [1.165, 1.54) is 0 Å². The summed E-state index contributed by atoms with van der Waals surface area (Å²) < 4.78 is 0. The van der Waals surface area contributed by atoms with Crippen molar-refractivity contribution in [2.45, 2.75) is 63.5 Å². The molecule has 2 atom stereocenters. The monoisotopic (exact) mass is 280 g/mol. The summed E-state index contributed by atoms with van der Waals surface area (Å²) in [6, 6.07) is -0.653. The summed E-state index contributed by atoms with van der Waals surface area (Å²) in [6.45, 7) is 0. The number of hydrogen-bond acceptors (Lipinski definition) is 4. The molecule has 0 saturated carbocycles. The molecule has 6 nitrogen and oxygen atoms in total. The highest BCUT2D eigenvalue weighted by Crippen LogP contribution is 2.14. The number of carbonyl (C=O) groups is 4. The number of hydrogen-bond donors (Lipinski definition) is 2. The van der Waals surface area contributed by atoms with Crippen LogP contribution in [-0.4, -0.2) is 35.5 Å². The summed E-state index contributed by atoms with van der Waals surface area (Å²) in [5.41, 5.74) is 0. The Bertz CT molecular complexity index is 393. The zero-order chi connectivity index (χ0) is 14.5. The van der Waals surface area contributed by atoms with E-state index in [-0.39, 0.29) is 35.5 Å². The van der Waals surface area contributed by atoms with Gasteiger partial charge in [0.25, 0.3) is 0 Å². The minimum Gasteiger partial charge on any atom is -0.346 e. The third kappa shape index (κ3) is 3.88. The van der Waals surface area contributed by atoms with Gasteiger partial charge in [-0.3, -0.25) is 19.2 Å². The zero-order valence-corrected chi connectivity index (χ0v) is 11.4. The molecular formula is C14H20N2O4. The zero-order valence-electron chi connectivity index (χ0n) is 11.4. The third-order valence-corrected chi connectivity index (χ3v) is 3.86. The van der Waals surface area contributed by atoms with Crippen molar-refractivity contribution in [3.8, 4) is 0 Å². The van der Waals surface area contributed by atoms with E-state index in [9.17, 15) is 19.2 Å². The summed E-state index contributed by atoms with van der Waals surface area (Å²) in [5, 5.41) is 5.30. The summed E-state index contributed by atoms with van der Waals surface area (Å²) >= 11 is 0. The van der Waals surface area contributed by atoms with Gasteiger partial charge in [0.2, 0.25) is 11.8 Å². The van der Waals surface area contributed by atoms with Crippen LogP contribution >= 0.6 is 0 Å². The van der Waals surface area contributed by atoms with Gasteiger partial charge in [0.15, 0.2) is 11.6 Å². The van der Waals surface area contributed by atoms with Crippen LogP contribution in [0.15, 0.2) is 0 Å². The highest BCUT2D eigenvalue weighted by Gasteiger charge is 2.28. The molecule has 0 bridgehead atoms. The number of rotatable bonds is 7. The molecule has 0 spiro atoms. The Balaban J connectivity index is 1.59. The largest absolute Gasteiger partial charge is 0.346 e. The number of Topliss-reactive ketones (excluding diaryl/α,β-unsaturated/α-hetero) is 2. The fourth-order valence-corrected chi connectivity index (χ4v) is 2.66. The Morgan fingerprint density at radius 2 is 1.25 bits per heavy atom. The molecule has 2 aliphatic heterocycles. The molecule has 2 N–H and O–H groups in total. The number of amides is 2. The summed E-state index contributed by atoms with van der Waals surface area (Å²) in [6.07, 6.45) is 4.13. The summed E-state index contributed by atoms with van der Waals surface area (Å²) in [4.78, 5) is 45.6. The lowest BCUT2D eigenvalue weighted by molar-refractivity contribution is -0.125. The number of unbranched alkanes of at least 4 members (excludes halogenated alkanes) is 1. The molecule has 6 heteroatoms. The van der Waals surface area contributed by atoms with E-state index < -0.39 is 0 Å². The van der Waals surface area contributed by atoms with Crippen LogP contribution in [0.25, 0.3) is 0 Å². The lowest BCUT2D eigenvalue weighted by Gasteiger charge is -2.10. The van der Waals surface area contributed by atoms with Crippen LogP contribution in [0.1, 0.15) is 51.4 Å². The van der Waals surface area contributed by atoms with E-state index in [2.05, 4.69) is 10.6 Å². The van der Waals surface area contributed by atoms with Gasteiger partial charge in [-0.15, -0.1) is 0 Å². The van der Waals surface area contributed by atoms with Crippen molar-refractivity contribution in [2.24, 2.45) is 0 Å². The van der Waals surface area contributed by atoms with Crippen LogP contribution in [0.4, 0.5) is 0 Å². The maximum absolute atomic E-state index is 11.8. The lowest BCUT2D eigenvalue weighted by atomic mass is 10.0. The molecule has 2 rings (SSSR count). The number of ketones is 2. The van der Waals surface area contributed by atoms with Gasteiger partial charge in [-0.25, -0.2) is 0 Å². The molecule has 0 aromatic rings. The average Bonchev–Trinajstić information content (AvgIpc) is 3.03. The molecule has 110 valence electrons. The molecule has 0 aliphatic carbocycles. The van der Waals surface area contributed by atoms with E-state index in [1.54, 1.807) is 0 Å². The highest BCUT2D eigenvalue weighted by molar-refractivity contribution is 5.93. The first-order chi connectivity index (χ1) is 9.56. The van der Waals surface area contributed by atoms with Crippen LogP contribution in [0.3, 0.4) is 0 Å². The van der Waals surface area contributed by atoms with Crippen molar-refractivity contribution in [3.05, 3.63) is 0 Å². The Hall–Kier alpha value is -1.72. The third-order valence-electron chi connectivity index (χ3n) is 3.86. The fraction of sp³-hybridized carbons (Fsp3) is 0.714. The van der Waals surface area contributed by atoms with E-state index >= 15 is 0 Å². The molecule has 0 aromatic heterocycles. The molecule has 0 aromatic carbocycles. The first kappa shape index (κ1) is 14.7. The second kappa shape index (κ2) is 6.63. The summed E-state index contributed by atoms with van der Waals surface area (Å²) in [5.74, 6) is -0.0130. The average molecular weight is 280 g/mol. The standard InChI is InChI=1S/C14H20N2O4/c17-11(9-5-7-13(19)15-9)3-1-2-4-12(18)10-6-8-14(20)16-10/h9-10H,1-8H2,(H,15,19)(H,16,20). The van der Waals surface area contributed by atoms with Gasteiger partial charge in [0.1, 0.15) is 0 Å². The number of carbonyl (C=O) groups excluding carboxylic acids is 4. The van der Waals surface area contributed by atoms with Crippen molar-refractivity contribution in [3.63, 3.8) is 0 Å². The van der Waals surface area contributed by atoms with E-state index in [0.29, 0.717) is 51.4 Å². The molecule has 2 fully saturated rings. The van der Waals surface area contributed by atoms with E-state index in [1.807, 2.05) is 0 Å². The molecule has 2 saturated heterocycles. The first-order valence-corrected chi connectivity index (χ1v) is 7.20. The topological polar surface area (TPSA) is 92.3 Å². The molecule has 2 aliphatic rings. The second-order valence-corrected chi connectivity index (χ2v) is 5.46. The predicted molar refractivity (Wildman–Crippen MR) is 70.8 cm³/mol. The Labute approximate surface area is 117 Å². The normalized spacial score (nSPS) is 25.4. The van der Waals surface area contributed by atoms with Crippen molar-refractivity contribution in [1.29, 1.82) is 0 Å².